The molecule has 3 fully saturated rings. The largest absolute Gasteiger partial charge is 0.469 e. The van der Waals surface area contributed by atoms with Crippen molar-refractivity contribution in [1.82, 2.24) is 0 Å². The van der Waals surface area contributed by atoms with Gasteiger partial charge in [0.2, 0.25) is 6.29 Å². The molecule has 3 aliphatic heterocycles. The zero-order valence-corrected chi connectivity index (χ0v) is 36.8. The molecule has 0 N–H and O–H groups in total. The molecule has 3 heterocycles. The Balaban J connectivity index is 1.48. The third-order valence-electron chi connectivity index (χ3n) is 12.4. The predicted octanol–water partition coefficient (Wildman–Crippen LogP) is 5.89. The average molecular weight is 835 g/mol. The molecule has 15 heteroatoms. The van der Waals surface area contributed by atoms with Crippen LogP contribution in [0.25, 0.3) is 0 Å². The van der Waals surface area contributed by atoms with Crippen LogP contribution >= 0.6 is 0 Å². The Morgan fingerprint density at radius 3 is 1.59 bits per heavy atom. The van der Waals surface area contributed by atoms with Crippen LogP contribution in [0.1, 0.15) is 107 Å². The van der Waals surface area contributed by atoms with Gasteiger partial charge in [0.05, 0.1) is 50.0 Å². The van der Waals surface area contributed by atoms with Crippen molar-refractivity contribution < 1.29 is 71.3 Å². The van der Waals surface area contributed by atoms with E-state index in [1.807, 2.05) is 65.0 Å². The summed E-state index contributed by atoms with van der Waals surface area (Å²) < 4.78 is 59.4. The molecule has 15 nitrogen and oxygen atoms in total. The minimum absolute atomic E-state index is 0.0152. The molecule has 0 radical (unpaired) electrons. The molecular formula is C44H66O15. The fourth-order valence-electron chi connectivity index (χ4n) is 8.43. The topological polar surface area (TPSA) is 178 Å². The lowest BCUT2D eigenvalue weighted by molar-refractivity contribution is -0.333. The number of carbonyl (C=O) groups excluding carboxylic acids is 5. The summed E-state index contributed by atoms with van der Waals surface area (Å²) in [6, 6.07) is 9.83. The first-order valence-electron chi connectivity index (χ1n) is 20.7. The van der Waals surface area contributed by atoms with Crippen molar-refractivity contribution in [1.29, 1.82) is 0 Å². The summed E-state index contributed by atoms with van der Waals surface area (Å²) in [4.78, 5) is 64.3. The number of methoxy groups -OCH3 is 1. The van der Waals surface area contributed by atoms with Gasteiger partial charge in [0, 0.05) is 38.5 Å². The van der Waals surface area contributed by atoms with Crippen LogP contribution in [-0.2, 0) is 71.3 Å². The Morgan fingerprint density at radius 2 is 1.12 bits per heavy atom. The number of ether oxygens (including phenoxy) is 10. The molecule has 15 atom stereocenters. The maximum absolute atomic E-state index is 14.2. The Bertz CT molecular complexity index is 1590. The molecule has 3 saturated heterocycles. The molecule has 15 unspecified atom stereocenters. The summed E-state index contributed by atoms with van der Waals surface area (Å²) in [6.07, 6.45) is -6.43. The molecule has 1 aromatic carbocycles. The van der Waals surface area contributed by atoms with Crippen LogP contribution in [0.4, 0.5) is 0 Å². The molecule has 59 heavy (non-hydrogen) atoms. The maximum Gasteiger partial charge on any atom is 0.314 e. The van der Waals surface area contributed by atoms with Crippen LogP contribution in [0, 0.1) is 34.5 Å². The number of esters is 5. The van der Waals surface area contributed by atoms with Crippen molar-refractivity contribution in [2.75, 3.05) is 26.9 Å². The lowest BCUT2D eigenvalue weighted by Crippen LogP contribution is -2.58. The van der Waals surface area contributed by atoms with Gasteiger partial charge in [-0.3, -0.25) is 24.0 Å². The second kappa shape index (κ2) is 20.8. The first-order chi connectivity index (χ1) is 27.7. The van der Waals surface area contributed by atoms with Crippen LogP contribution in [0.15, 0.2) is 30.3 Å². The number of rotatable bonds is 16. The van der Waals surface area contributed by atoms with E-state index in [1.165, 1.54) is 27.9 Å². The Hall–Kier alpha value is -3.63. The van der Waals surface area contributed by atoms with Crippen LogP contribution in [-0.4, -0.2) is 106 Å². The molecule has 1 aromatic rings. The van der Waals surface area contributed by atoms with Gasteiger partial charge in [-0.25, -0.2) is 0 Å². The maximum atomic E-state index is 14.2. The Labute approximate surface area is 348 Å². The number of hydrogen-bond acceptors (Lipinski definition) is 15. The van der Waals surface area contributed by atoms with Crippen molar-refractivity contribution in [2.24, 2.45) is 34.5 Å². The van der Waals surface area contributed by atoms with Crippen molar-refractivity contribution in [3.63, 3.8) is 0 Å². The molecule has 0 saturated carbocycles. The number of hydrogen-bond donors (Lipinski definition) is 0. The van der Waals surface area contributed by atoms with Crippen molar-refractivity contribution in [2.45, 2.75) is 151 Å². The minimum Gasteiger partial charge on any atom is -0.469 e. The summed E-state index contributed by atoms with van der Waals surface area (Å²) >= 11 is 0. The van der Waals surface area contributed by atoms with Crippen LogP contribution in [0.2, 0.25) is 0 Å². The summed E-state index contributed by atoms with van der Waals surface area (Å²) in [6.45, 7) is 19.2. The average Bonchev–Trinajstić information content (AvgIpc) is 3.18. The molecule has 4 rings (SSSR count). The quantitative estimate of drug-likeness (QED) is 0.142. The summed E-state index contributed by atoms with van der Waals surface area (Å²) in [5.41, 5.74) is -1.14. The van der Waals surface area contributed by atoms with E-state index in [0.717, 1.165) is 5.56 Å². The molecule has 0 spiro atoms. The Morgan fingerprint density at radius 1 is 0.661 bits per heavy atom. The summed E-state index contributed by atoms with van der Waals surface area (Å²) in [5.74, 6) is -3.69. The highest BCUT2D eigenvalue weighted by Gasteiger charge is 2.52. The van der Waals surface area contributed by atoms with Gasteiger partial charge in [-0.1, -0.05) is 71.9 Å². The lowest BCUT2D eigenvalue weighted by Gasteiger charge is -2.46. The van der Waals surface area contributed by atoms with Gasteiger partial charge in [-0.15, -0.1) is 0 Å². The summed E-state index contributed by atoms with van der Waals surface area (Å²) in [7, 11) is 1.34. The lowest BCUT2D eigenvalue weighted by atomic mass is 9.67. The zero-order chi connectivity index (χ0) is 43.8. The third kappa shape index (κ3) is 12.0. The van der Waals surface area contributed by atoms with E-state index in [-0.39, 0.29) is 37.4 Å². The molecule has 0 bridgehead atoms. The van der Waals surface area contributed by atoms with E-state index in [0.29, 0.717) is 19.4 Å². The highest BCUT2D eigenvalue weighted by atomic mass is 16.8. The fourth-order valence-corrected chi connectivity index (χ4v) is 8.43. The van der Waals surface area contributed by atoms with Gasteiger partial charge < -0.3 is 47.4 Å². The second-order valence-electron chi connectivity index (χ2n) is 17.3. The molecule has 0 aromatic heterocycles. The van der Waals surface area contributed by atoms with Crippen LogP contribution < -0.4 is 0 Å². The monoisotopic (exact) mass is 834 g/mol. The highest BCUT2D eigenvalue weighted by molar-refractivity contribution is 5.81. The van der Waals surface area contributed by atoms with Gasteiger partial charge in [-0.2, -0.15) is 0 Å². The highest BCUT2D eigenvalue weighted by Crippen LogP contribution is 2.45. The smallest absolute Gasteiger partial charge is 0.314 e. The van der Waals surface area contributed by atoms with E-state index < -0.39 is 102 Å². The number of carbonyl (C=O) groups is 5. The molecule has 332 valence electrons. The summed E-state index contributed by atoms with van der Waals surface area (Å²) in [5, 5.41) is 0. The SMILES string of the molecule is CCC(C)(CC(C)(CC(C)c1ccccc1)C(=O)OC)C(=O)OC1OCC(OC2OCC(OC3OCC(C)C(C)C3OC(C)=O)C(C)C2OC(C)=O)C(C)C1OC(C)=O. The molecule has 3 aliphatic rings. The van der Waals surface area contributed by atoms with E-state index in [2.05, 4.69) is 0 Å². The third-order valence-corrected chi connectivity index (χ3v) is 12.4. The van der Waals surface area contributed by atoms with E-state index in [4.69, 9.17) is 47.4 Å². The van der Waals surface area contributed by atoms with E-state index in [1.54, 1.807) is 20.8 Å². The van der Waals surface area contributed by atoms with E-state index >= 15 is 0 Å². The van der Waals surface area contributed by atoms with E-state index in [9.17, 15) is 24.0 Å². The van der Waals surface area contributed by atoms with Gasteiger partial charge in [0.25, 0.3) is 0 Å². The van der Waals surface area contributed by atoms with Gasteiger partial charge >= 0.3 is 29.8 Å². The first-order valence-corrected chi connectivity index (χ1v) is 20.7. The van der Waals surface area contributed by atoms with Crippen molar-refractivity contribution in [3.05, 3.63) is 35.9 Å². The van der Waals surface area contributed by atoms with Gasteiger partial charge in [0.1, 0.15) is 0 Å². The molecular weight excluding hydrogens is 768 g/mol. The van der Waals surface area contributed by atoms with Gasteiger partial charge in [-0.05, 0) is 50.5 Å². The zero-order valence-electron chi connectivity index (χ0n) is 36.8. The predicted molar refractivity (Wildman–Crippen MR) is 211 cm³/mol. The van der Waals surface area contributed by atoms with Crippen LogP contribution in [0.3, 0.4) is 0 Å². The van der Waals surface area contributed by atoms with Gasteiger partial charge in [0.15, 0.2) is 30.9 Å². The number of benzene rings is 1. The van der Waals surface area contributed by atoms with Crippen LogP contribution in [0.5, 0.6) is 0 Å². The second-order valence-corrected chi connectivity index (χ2v) is 17.3. The Kier molecular flexibility index (Phi) is 16.9. The molecule has 0 aliphatic carbocycles. The standard InChI is InChI=1S/C44H66O15/c1-13-43(10,23-44(11,41(48)50-12)19-24(2)32-17-15-14-16-18-32)42(49)59-40-37(56-31(9)47)28(6)34(22-53-40)58-39-36(55-30(8)46)27(5)33(21-52-39)57-38-35(54-29(7)45)26(4)25(3)20-51-38/h14-18,24-28,33-40H,13,19-23H2,1-12H3. The fraction of sp³-hybridized carbons (Fsp3) is 0.750. The van der Waals surface area contributed by atoms with Crippen molar-refractivity contribution >= 4 is 29.8 Å². The first kappa shape index (κ1) is 48.0. The molecule has 0 amide bonds. The normalized spacial score (nSPS) is 33.6. The minimum atomic E-state index is -1.29. The van der Waals surface area contributed by atoms with Crippen molar-refractivity contribution in [3.8, 4) is 0 Å².